The number of hydrogen-bond donors (Lipinski definition) is 1. The van der Waals surface area contributed by atoms with Crippen LogP contribution in [0.1, 0.15) is 44.6 Å². The van der Waals surface area contributed by atoms with Crippen LogP contribution in [0.15, 0.2) is 12.4 Å². The fourth-order valence-electron chi connectivity index (χ4n) is 4.54. The Kier molecular flexibility index (Phi) is 3.66. The second kappa shape index (κ2) is 5.28. The molecule has 2 aliphatic rings. The molecule has 1 aromatic rings. The zero-order valence-electron chi connectivity index (χ0n) is 12.4. The molecule has 2 saturated carbocycles. The lowest BCUT2D eigenvalue weighted by Crippen LogP contribution is -2.39. The van der Waals surface area contributed by atoms with Crippen molar-refractivity contribution in [3.63, 3.8) is 0 Å². The van der Waals surface area contributed by atoms with Crippen LogP contribution in [-0.4, -0.2) is 22.9 Å². The minimum atomic E-state index is 0.578. The van der Waals surface area contributed by atoms with Crippen LogP contribution in [0.2, 0.25) is 0 Å². The van der Waals surface area contributed by atoms with Gasteiger partial charge in [0.05, 0.1) is 6.20 Å². The molecule has 2 fully saturated rings. The molecule has 0 aliphatic heterocycles. The fourth-order valence-corrected chi connectivity index (χ4v) is 4.54. The van der Waals surface area contributed by atoms with E-state index < -0.39 is 0 Å². The molecule has 3 atom stereocenters. The average molecular weight is 261 g/mol. The second-order valence-electron chi connectivity index (χ2n) is 6.75. The largest absolute Gasteiger partial charge is 0.316 e. The van der Waals surface area contributed by atoms with E-state index in [0.717, 1.165) is 18.4 Å². The topological polar surface area (TPSA) is 29.9 Å². The number of aromatic nitrogens is 2. The highest BCUT2D eigenvalue weighted by Gasteiger charge is 2.49. The van der Waals surface area contributed by atoms with Gasteiger partial charge in [0.1, 0.15) is 0 Å². The van der Waals surface area contributed by atoms with Crippen LogP contribution < -0.4 is 5.32 Å². The van der Waals surface area contributed by atoms with Gasteiger partial charge in [-0.15, -0.1) is 0 Å². The SMILES string of the molecule is CCNCC1(CCc2cnn(C)c2)CC2CCC1C2. The molecule has 2 bridgehead atoms. The molecular weight excluding hydrogens is 234 g/mol. The van der Waals surface area contributed by atoms with Crippen LogP contribution in [-0.2, 0) is 13.5 Å². The van der Waals surface area contributed by atoms with Crippen LogP contribution in [0, 0.1) is 17.3 Å². The lowest BCUT2D eigenvalue weighted by Gasteiger charge is -2.38. The highest BCUT2D eigenvalue weighted by Crippen LogP contribution is 2.57. The summed E-state index contributed by atoms with van der Waals surface area (Å²) in [4.78, 5) is 0. The van der Waals surface area contributed by atoms with Gasteiger partial charge in [0.15, 0.2) is 0 Å². The van der Waals surface area contributed by atoms with Gasteiger partial charge in [0.2, 0.25) is 0 Å². The number of rotatable bonds is 6. The molecule has 2 aliphatic carbocycles. The average Bonchev–Trinajstić information content (AvgIpc) is 3.10. The summed E-state index contributed by atoms with van der Waals surface area (Å²) in [6.07, 6.45) is 12.7. The fraction of sp³-hybridized carbons (Fsp3) is 0.812. The summed E-state index contributed by atoms with van der Waals surface area (Å²) in [6.45, 7) is 4.55. The van der Waals surface area contributed by atoms with Crippen LogP contribution >= 0.6 is 0 Å². The van der Waals surface area contributed by atoms with Crippen molar-refractivity contribution in [3.05, 3.63) is 18.0 Å². The van der Waals surface area contributed by atoms with E-state index in [4.69, 9.17) is 0 Å². The monoisotopic (exact) mass is 261 g/mol. The molecule has 1 N–H and O–H groups in total. The minimum Gasteiger partial charge on any atom is -0.316 e. The van der Waals surface area contributed by atoms with Crippen molar-refractivity contribution in [3.8, 4) is 0 Å². The first kappa shape index (κ1) is 13.2. The van der Waals surface area contributed by atoms with Crippen LogP contribution in [0.4, 0.5) is 0 Å². The Labute approximate surface area is 116 Å². The molecule has 1 heterocycles. The van der Waals surface area contributed by atoms with Crippen molar-refractivity contribution in [2.75, 3.05) is 13.1 Å². The van der Waals surface area contributed by atoms with Crippen molar-refractivity contribution in [1.82, 2.24) is 15.1 Å². The van der Waals surface area contributed by atoms with Gasteiger partial charge in [-0.05, 0) is 61.5 Å². The molecule has 0 spiro atoms. The standard InChI is InChI=1S/C16H27N3/c1-3-17-12-16(9-13-4-5-15(16)8-13)7-6-14-10-18-19(2)11-14/h10-11,13,15,17H,3-9,12H2,1-2H3. The lowest BCUT2D eigenvalue weighted by molar-refractivity contribution is 0.144. The van der Waals surface area contributed by atoms with Crippen molar-refractivity contribution in [2.45, 2.75) is 45.4 Å². The third-order valence-corrected chi connectivity index (χ3v) is 5.50. The molecule has 0 aromatic carbocycles. The molecule has 1 aromatic heterocycles. The van der Waals surface area contributed by atoms with Gasteiger partial charge in [-0.1, -0.05) is 13.3 Å². The van der Waals surface area contributed by atoms with Gasteiger partial charge in [0, 0.05) is 19.8 Å². The number of hydrogen-bond acceptors (Lipinski definition) is 2. The lowest BCUT2D eigenvalue weighted by atomic mass is 9.69. The molecule has 3 unspecified atom stereocenters. The smallest absolute Gasteiger partial charge is 0.0521 e. The zero-order chi connectivity index (χ0) is 13.3. The number of aryl methyl sites for hydroxylation is 2. The molecule has 106 valence electrons. The quantitative estimate of drug-likeness (QED) is 0.853. The summed E-state index contributed by atoms with van der Waals surface area (Å²) < 4.78 is 1.92. The van der Waals surface area contributed by atoms with E-state index in [0.29, 0.717) is 5.41 Å². The third kappa shape index (κ3) is 2.58. The highest BCUT2D eigenvalue weighted by molar-refractivity contribution is 5.08. The first-order chi connectivity index (χ1) is 9.22. The molecular formula is C16H27N3. The molecule has 3 nitrogen and oxygen atoms in total. The van der Waals surface area contributed by atoms with E-state index in [1.165, 1.54) is 50.6 Å². The maximum atomic E-state index is 4.30. The number of nitrogens with one attached hydrogen (secondary N) is 1. The van der Waals surface area contributed by atoms with E-state index in [9.17, 15) is 0 Å². The number of fused-ring (bicyclic) bond motifs is 2. The predicted molar refractivity (Wildman–Crippen MR) is 78.0 cm³/mol. The predicted octanol–water partition coefficient (Wildman–Crippen LogP) is 2.77. The summed E-state index contributed by atoms with van der Waals surface area (Å²) in [5.74, 6) is 2.01. The molecule has 19 heavy (non-hydrogen) atoms. The number of nitrogens with zero attached hydrogens (tertiary/aromatic N) is 2. The minimum absolute atomic E-state index is 0.578. The molecule has 0 radical (unpaired) electrons. The van der Waals surface area contributed by atoms with E-state index >= 15 is 0 Å². The van der Waals surface area contributed by atoms with Crippen molar-refractivity contribution >= 4 is 0 Å². The van der Waals surface area contributed by atoms with Gasteiger partial charge >= 0.3 is 0 Å². The second-order valence-corrected chi connectivity index (χ2v) is 6.75. The van der Waals surface area contributed by atoms with E-state index in [1.807, 2.05) is 17.9 Å². The summed E-state index contributed by atoms with van der Waals surface area (Å²) >= 11 is 0. The summed E-state index contributed by atoms with van der Waals surface area (Å²) in [5, 5.41) is 7.93. The van der Waals surface area contributed by atoms with Crippen molar-refractivity contribution in [1.29, 1.82) is 0 Å². The first-order valence-electron chi connectivity index (χ1n) is 7.90. The Morgan fingerprint density at radius 3 is 2.95 bits per heavy atom. The van der Waals surface area contributed by atoms with Gasteiger partial charge in [-0.25, -0.2) is 0 Å². The van der Waals surface area contributed by atoms with Gasteiger partial charge in [-0.3, -0.25) is 4.68 Å². The Morgan fingerprint density at radius 2 is 2.37 bits per heavy atom. The van der Waals surface area contributed by atoms with Gasteiger partial charge < -0.3 is 5.32 Å². The van der Waals surface area contributed by atoms with Gasteiger partial charge in [0.25, 0.3) is 0 Å². The van der Waals surface area contributed by atoms with E-state index in [2.05, 4.69) is 23.5 Å². The highest BCUT2D eigenvalue weighted by atomic mass is 15.2. The summed E-state index contributed by atoms with van der Waals surface area (Å²) in [5.41, 5.74) is 1.98. The maximum Gasteiger partial charge on any atom is 0.0521 e. The Morgan fingerprint density at radius 1 is 1.47 bits per heavy atom. The summed E-state index contributed by atoms with van der Waals surface area (Å²) in [7, 11) is 2.01. The van der Waals surface area contributed by atoms with Crippen molar-refractivity contribution in [2.24, 2.45) is 24.3 Å². The molecule has 3 rings (SSSR count). The zero-order valence-corrected chi connectivity index (χ0v) is 12.4. The molecule has 0 amide bonds. The maximum absolute atomic E-state index is 4.30. The van der Waals surface area contributed by atoms with E-state index in [1.54, 1.807) is 0 Å². The Balaban J connectivity index is 1.66. The Bertz CT molecular complexity index is 425. The molecule has 0 saturated heterocycles. The van der Waals surface area contributed by atoms with Gasteiger partial charge in [-0.2, -0.15) is 5.10 Å². The Hall–Kier alpha value is -0.830. The summed E-state index contributed by atoms with van der Waals surface area (Å²) in [6, 6.07) is 0. The third-order valence-electron chi connectivity index (χ3n) is 5.50. The van der Waals surface area contributed by atoms with Crippen LogP contribution in [0.5, 0.6) is 0 Å². The van der Waals surface area contributed by atoms with Crippen LogP contribution in [0.25, 0.3) is 0 Å². The van der Waals surface area contributed by atoms with Crippen molar-refractivity contribution < 1.29 is 0 Å². The first-order valence-corrected chi connectivity index (χ1v) is 7.90. The van der Waals surface area contributed by atoms with Crippen LogP contribution in [0.3, 0.4) is 0 Å². The molecule has 3 heteroatoms. The van der Waals surface area contributed by atoms with E-state index in [-0.39, 0.29) is 0 Å². The normalized spacial score (nSPS) is 33.2.